The van der Waals surface area contributed by atoms with Gasteiger partial charge in [-0.1, -0.05) is 18.2 Å². The molecule has 20 heavy (non-hydrogen) atoms. The molecule has 0 saturated carbocycles. The minimum Gasteiger partial charge on any atom is -0.324 e. The van der Waals surface area contributed by atoms with Gasteiger partial charge in [0.15, 0.2) is 0 Å². The summed E-state index contributed by atoms with van der Waals surface area (Å²) in [6.45, 7) is 2.55. The first-order valence-corrected chi connectivity index (χ1v) is 6.85. The molecule has 0 saturated heterocycles. The second-order valence-electron chi connectivity index (χ2n) is 5.17. The Bertz CT molecular complexity index is 634. The van der Waals surface area contributed by atoms with Gasteiger partial charge in [-0.2, -0.15) is 5.10 Å². The molecule has 1 aliphatic rings. The summed E-state index contributed by atoms with van der Waals surface area (Å²) < 4.78 is 0. The van der Waals surface area contributed by atoms with E-state index in [0.29, 0.717) is 12.1 Å². The average molecular weight is 270 g/mol. The number of aromatic nitrogens is 2. The van der Waals surface area contributed by atoms with Crippen molar-refractivity contribution >= 4 is 11.6 Å². The Labute approximate surface area is 117 Å². The van der Waals surface area contributed by atoms with Crippen LogP contribution in [0.2, 0.25) is 0 Å². The van der Waals surface area contributed by atoms with Gasteiger partial charge in [-0.25, -0.2) is 0 Å². The van der Waals surface area contributed by atoms with Crippen molar-refractivity contribution in [2.45, 2.75) is 25.8 Å². The average Bonchev–Trinajstić information content (AvgIpc) is 2.81. The number of carbonyl (C=O) groups excluding carboxylic acids is 1. The van der Waals surface area contributed by atoms with Gasteiger partial charge in [-0.3, -0.25) is 9.89 Å². The molecule has 1 aromatic carbocycles. The molecule has 5 nitrogen and oxygen atoms in total. The first-order chi connectivity index (χ1) is 9.68. The summed E-state index contributed by atoms with van der Waals surface area (Å²) in [5.74, 6) is -0.0159. The second kappa shape index (κ2) is 5.09. The second-order valence-corrected chi connectivity index (χ2v) is 5.17. The van der Waals surface area contributed by atoms with Gasteiger partial charge in [-0.05, 0) is 31.4 Å². The van der Waals surface area contributed by atoms with Crippen LogP contribution in [0.15, 0.2) is 30.5 Å². The molecule has 0 bridgehead atoms. The number of benzene rings is 1. The molecule has 1 amide bonds. The van der Waals surface area contributed by atoms with Crippen molar-refractivity contribution in [3.63, 3.8) is 0 Å². The highest BCUT2D eigenvalue weighted by Crippen LogP contribution is 2.32. The molecule has 1 aliphatic heterocycles. The molecule has 0 aliphatic carbocycles. The standard InChI is InChI=1S/C15H18N4O/c1-10-12(9-17-18-10)15(20)19-8-4-6-13(16)11-5-2-3-7-14(11)19/h2-3,5,7,9,13H,4,6,8,16H2,1H3,(H,17,18). The number of rotatable bonds is 1. The molecule has 0 radical (unpaired) electrons. The van der Waals surface area contributed by atoms with E-state index < -0.39 is 0 Å². The fraction of sp³-hybridized carbons (Fsp3) is 0.333. The molecule has 0 spiro atoms. The van der Waals surface area contributed by atoms with Crippen molar-refractivity contribution in [1.29, 1.82) is 0 Å². The van der Waals surface area contributed by atoms with E-state index in [4.69, 9.17) is 5.73 Å². The lowest BCUT2D eigenvalue weighted by molar-refractivity contribution is 0.0986. The number of nitrogens with one attached hydrogen (secondary N) is 1. The zero-order valence-electron chi connectivity index (χ0n) is 11.5. The summed E-state index contributed by atoms with van der Waals surface area (Å²) in [6.07, 6.45) is 3.38. The highest BCUT2D eigenvalue weighted by Gasteiger charge is 2.26. The van der Waals surface area contributed by atoms with Crippen LogP contribution in [0.3, 0.4) is 0 Å². The third-order valence-corrected chi connectivity index (χ3v) is 3.83. The van der Waals surface area contributed by atoms with E-state index >= 15 is 0 Å². The number of aromatic amines is 1. The van der Waals surface area contributed by atoms with Gasteiger partial charge in [-0.15, -0.1) is 0 Å². The van der Waals surface area contributed by atoms with E-state index in [1.165, 1.54) is 0 Å². The molecule has 3 rings (SSSR count). The third kappa shape index (κ3) is 2.10. The number of hydrogen-bond acceptors (Lipinski definition) is 3. The van der Waals surface area contributed by atoms with Gasteiger partial charge in [0.2, 0.25) is 0 Å². The van der Waals surface area contributed by atoms with Gasteiger partial charge < -0.3 is 10.6 Å². The number of para-hydroxylation sites is 1. The largest absolute Gasteiger partial charge is 0.324 e. The molecule has 2 heterocycles. The number of nitrogens with zero attached hydrogens (tertiary/aromatic N) is 2. The Balaban J connectivity index is 2.03. The lowest BCUT2D eigenvalue weighted by Crippen LogP contribution is -2.32. The molecule has 0 fully saturated rings. The number of amides is 1. The summed E-state index contributed by atoms with van der Waals surface area (Å²) in [5, 5.41) is 6.75. The van der Waals surface area contributed by atoms with Crippen LogP contribution in [0.1, 0.15) is 40.5 Å². The van der Waals surface area contributed by atoms with Crippen molar-refractivity contribution in [3.8, 4) is 0 Å². The molecular formula is C15H18N4O. The predicted octanol–water partition coefficient (Wildman–Crippen LogP) is 2.16. The Kier molecular flexibility index (Phi) is 3.28. The normalized spacial score (nSPS) is 18.5. The monoisotopic (exact) mass is 270 g/mol. The van der Waals surface area contributed by atoms with Gasteiger partial charge in [0.25, 0.3) is 5.91 Å². The van der Waals surface area contributed by atoms with E-state index in [0.717, 1.165) is 29.8 Å². The minimum absolute atomic E-state index is 0.00514. The van der Waals surface area contributed by atoms with Gasteiger partial charge in [0, 0.05) is 24.0 Å². The van der Waals surface area contributed by atoms with Crippen LogP contribution in [0.4, 0.5) is 5.69 Å². The van der Waals surface area contributed by atoms with Crippen LogP contribution < -0.4 is 10.6 Å². The van der Waals surface area contributed by atoms with E-state index in [2.05, 4.69) is 10.2 Å². The van der Waals surface area contributed by atoms with Crippen molar-refractivity contribution in [2.75, 3.05) is 11.4 Å². The maximum absolute atomic E-state index is 12.7. The Morgan fingerprint density at radius 3 is 3.00 bits per heavy atom. The van der Waals surface area contributed by atoms with Gasteiger partial charge >= 0.3 is 0 Å². The third-order valence-electron chi connectivity index (χ3n) is 3.83. The lowest BCUT2D eigenvalue weighted by Gasteiger charge is -2.23. The van der Waals surface area contributed by atoms with E-state index in [-0.39, 0.29) is 11.9 Å². The zero-order valence-corrected chi connectivity index (χ0v) is 11.5. The summed E-state index contributed by atoms with van der Waals surface area (Å²) in [7, 11) is 0. The van der Waals surface area contributed by atoms with Crippen LogP contribution in [-0.2, 0) is 0 Å². The van der Waals surface area contributed by atoms with Crippen molar-refractivity contribution < 1.29 is 4.79 Å². The van der Waals surface area contributed by atoms with Crippen LogP contribution in [0.25, 0.3) is 0 Å². The highest BCUT2D eigenvalue weighted by molar-refractivity contribution is 6.07. The summed E-state index contributed by atoms with van der Waals surface area (Å²) >= 11 is 0. The number of nitrogens with two attached hydrogens (primary N) is 1. The SMILES string of the molecule is Cc1[nH]ncc1C(=O)N1CCCC(N)c2ccccc21. The zero-order chi connectivity index (χ0) is 14.1. The van der Waals surface area contributed by atoms with Gasteiger partial charge in [0.05, 0.1) is 11.8 Å². The molecule has 1 atom stereocenters. The molecule has 1 unspecified atom stereocenters. The number of fused-ring (bicyclic) bond motifs is 1. The molecule has 2 aromatic rings. The fourth-order valence-corrected chi connectivity index (χ4v) is 2.71. The predicted molar refractivity (Wildman–Crippen MR) is 77.6 cm³/mol. The lowest BCUT2D eigenvalue weighted by atomic mass is 10.0. The van der Waals surface area contributed by atoms with Gasteiger partial charge in [0.1, 0.15) is 0 Å². The van der Waals surface area contributed by atoms with E-state index in [1.807, 2.05) is 36.1 Å². The summed E-state index contributed by atoms with van der Waals surface area (Å²) in [6, 6.07) is 7.88. The van der Waals surface area contributed by atoms with Crippen molar-refractivity contribution in [2.24, 2.45) is 5.73 Å². The molecule has 3 N–H and O–H groups in total. The maximum atomic E-state index is 12.7. The Hall–Kier alpha value is -2.14. The van der Waals surface area contributed by atoms with Crippen LogP contribution in [0, 0.1) is 6.92 Å². The molecular weight excluding hydrogens is 252 g/mol. The van der Waals surface area contributed by atoms with E-state index in [9.17, 15) is 4.79 Å². The maximum Gasteiger partial charge on any atom is 0.261 e. The molecule has 1 aromatic heterocycles. The fourth-order valence-electron chi connectivity index (χ4n) is 2.71. The molecule has 5 heteroatoms. The smallest absolute Gasteiger partial charge is 0.261 e. The topological polar surface area (TPSA) is 75.0 Å². The summed E-state index contributed by atoms with van der Waals surface area (Å²) in [4.78, 5) is 14.5. The van der Waals surface area contributed by atoms with Crippen LogP contribution in [-0.4, -0.2) is 22.6 Å². The van der Waals surface area contributed by atoms with Crippen LogP contribution >= 0.6 is 0 Å². The van der Waals surface area contributed by atoms with Crippen LogP contribution in [0.5, 0.6) is 0 Å². The Morgan fingerprint density at radius 1 is 1.45 bits per heavy atom. The summed E-state index contributed by atoms with van der Waals surface area (Å²) in [5.41, 5.74) is 9.57. The number of H-pyrrole nitrogens is 1. The number of carbonyl (C=O) groups is 1. The Morgan fingerprint density at radius 2 is 2.25 bits per heavy atom. The first kappa shape index (κ1) is 12.9. The quantitative estimate of drug-likeness (QED) is 0.833. The number of hydrogen-bond donors (Lipinski definition) is 2. The number of anilines is 1. The van der Waals surface area contributed by atoms with Crippen molar-refractivity contribution in [1.82, 2.24) is 10.2 Å². The molecule has 104 valence electrons. The minimum atomic E-state index is -0.0159. The number of aryl methyl sites for hydroxylation is 1. The van der Waals surface area contributed by atoms with Crippen molar-refractivity contribution in [3.05, 3.63) is 47.3 Å². The van der Waals surface area contributed by atoms with E-state index in [1.54, 1.807) is 6.20 Å². The highest BCUT2D eigenvalue weighted by atomic mass is 16.2. The first-order valence-electron chi connectivity index (χ1n) is 6.85.